The molecule has 7 heteroatoms. The molecule has 0 bridgehead atoms. The maximum atomic E-state index is 11.8. The van der Waals surface area contributed by atoms with Crippen LogP contribution in [0.4, 0.5) is 13.2 Å². The molecule has 0 amide bonds. The van der Waals surface area contributed by atoms with Crippen LogP contribution in [0.2, 0.25) is 0 Å². The summed E-state index contributed by atoms with van der Waals surface area (Å²) in [6.07, 6.45) is -2.21. The minimum absolute atomic E-state index is 0.0258. The molecular formula is C10H16F3N3O. The Kier molecular flexibility index (Phi) is 5.43. The second kappa shape index (κ2) is 6.61. The first-order valence-corrected chi connectivity index (χ1v) is 5.40. The Labute approximate surface area is 97.4 Å². The lowest BCUT2D eigenvalue weighted by Crippen LogP contribution is -2.31. The summed E-state index contributed by atoms with van der Waals surface area (Å²) in [7, 11) is 0. The van der Waals surface area contributed by atoms with Crippen molar-refractivity contribution in [3.05, 3.63) is 18.5 Å². The summed E-state index contributed by atoms with van der Waals surface area (Å²) in [6, 6.07) is 1.74. The molecule has 1 atom stereocenters. The zero-order valence-corrected chi connectivity index (χ0v) is 9.32. The molecule has 0 saturated heterocycles. The predicted octanol–water partition coefficient (Wildman–Crippen LogP) is 1.18. The number of alkyl halides is 3. The van der Waals surface area contributed by atoms with Crippen LogP contribution >= 0.6 is 0 Å². The van der Waals surface area contributed by atoms with Crippen LogP contribution in [-0.2, 0) is 6.54 Å². The van der Waals surface area contributed by atoms with Crippen molar-refractivity contribution in [2.24, 2.45) is 0 Å². The quantitative estimate of drug-likeness (QED) is 0.715. The third-order valence-electron chi connectivity index (χ3n) is 2.15. The molecule has 1 aromatic heterocycles. The van der Waals surface area contributed by atoms with Gasteiger partial charge in [0.1, 0.15) is 0 Å². The van der Waals surface area contributed by atoms with Crippen molar-refractivity contribution >= 4 is 0 Å². The molecule has 0 saturated carbocycles. The van der Waals surface area contributed by atoms with Gasteiger partial charge in [0.2, 0.25) is 0 Å². The average molecular weight is 251 g/mol. The summed E-state index contributed by atoms with van der Waals surface area (Å²) in [5.74, 6) is 0. The second-order valence-electron chi connectivity index (χ2n) is 3.80. The zero-order chi connectivity index (χ0) is 12.7. The first kappa shape index (κ1) is 14.0. The lowest BCUT2D eigenvalue weighted by molar-refractivity contribution is -0.135. The van der Waals surface area contributed by atoms with Crippen LogP contribution in [0.3, 0.4) is 0 Å². The van der Waals surface area contributed by atoms with Crippen molar-refractivity contribution in [3.8, 4) is 0 Å². The summed E-state index contributed by atoms with van der Waals surface area (Å²) < 4.78 is 37.0. The van der Waals surface area contributed by atoms with Crippen LogP contribution in [0.5, 0.6) is 0 Å². The van der Waals surface area contributed by atoms with Crippen LogP contribution < -0.4 is 5.32 Å². The molecule has 0 spiro atoms. The fourth-order valence-electron chi connectivity index (χ4n) is 1.37. The van der Waals surface area contributed by atoms with E-state index in [1.54, 1.807) is 23.1 Å². The Morgan fingerprint density at radius 1 is 1.41 bits per heavy atom. The van der Waals surface area contributed by atoms with E-state index in [2.05, 4.69) is 10.4 Å². The van der Waals surface area contributed by atoms with Crippen molar-refractivity contribution in [1.82, 2.24) is 15.1 Å². The van der Waals surface area contributed by atoms with Gasteiger partial charge in [-0.1, -0.05) is 0 Å². The monoisotopic (exact) mass is 251 g/mol. The van der Waals surface area contributed by atoms with E-state index in [0.29, 0.717) is 6.54 Å². The maximum absolute atomic E-state index is 11.8. The molecule has 1 heterocycles. The Balaban J connectivity index is 2.03. The molecule has 0 aliphatic heterocycles. The lowest BCUT2D eigenvalue weighted by Gasteiger charge is -2.12. The third kappa shape index (κ3) is 6.96. The summed E-state index contributed by atoms with van der Waals surface area (Å²) in [5, 5.41) is 16.2. The van der Waals surface area contributed by atoms with Crippen LogP contribution in [0.25, 0.3) is 0 Å². The summed E-state index contributed by atoms with van der Waals surface area (Å²) in [6.45, 7) is 0.840. The average Bonchev–Trinajstić information content (AvgIpc) is 2.68. The number of aliphatic hydroxyl groups is 1. The topological polar surface area (TPSA) is 50.1 Å². The Hall–Kier alpha value is -1.08. The predicted molar refractivity (Wildman–Crippen MR) is 56.4 cm³/mol. The number of aliphatic hydroxyl groups excluding tert-OH is 1. The Morgan fingerprint density at radius 3 is 2.76 bits per heavy atom. The van der Waals surface area contributed by atoms with E-state index in [1.165, 1.54) is 0 Å². The molecule has 4 nitrogen and oxygen atoms in total. The number of halogens is 3. The number of nitrogens with zero attached hydrogens (tertiary/aromatic N) is 2. The van der Waals surface area contributed by atoms with Gasteiger partial charge in [0, 0.05) is 25.4 Å². The normalized spacial score (nSPS) is 13.9. The Morgan fingerprint density at radius 2 is 2.18 bits per heavy atom. The molecule has 1 rings (SSSR count). The molecule has 1 aromatic rings. The first-order valence-electron chi connectivity index (χ1n) is 5.40. The third-order valence-corrected chi connectivity index (χ3v) is 2.15. The molecule has 0 radical (unpaired) electrons. The summed E-state index contributed by atoms with van der Waals surface area (Å²) in [5.41, 5.74) is 0. The van der Waals surface area contributed by atoms with Gasteiger partial charge < -0.3 is 10.4 Å². The van der Waals surface area contributed by atoms with E-state index < -0.39 is 18.7 Å². The SMILES string of the molecule is OC(CNCCCC(F)(F)F)Cn1cccn1. The fraction of sp³-hybridized carbons (Fsp3) is 0.700. The van der Waals surface area contributed by atoms with Crippen molar-refractivity contribution in [2.45, 2.75) is 31.7 Å². The van der Waals surface area contributed by atoms with Crippen molar-refractivity contribution < 1.29 is 18.3 Å². The van der Waals surface area contributed by atoms with Crippen LogP contribution in [0.1, 0.15) is 12.8 Å². The standard InChI is InChI=1S/C10H16F3N3O/c11-10(12,13)3-1-4-14-7-9(17)8-16-6-2-5-15-16/h2,5-6,9,14,17H,1,3-4,7-8H2. The molecule has 98 valence electrons. The maximum Gasteiger partial charge on any atom is 0.389 e. The van der Waals surface area contributed by atoms with Crippen LogP contribution in [-0.4, -0.2) is 40.3 Å². The van der Waals surface area contributed by atoms with E-state index >= 15 is 0 Å². The van der Waals surface area contributed by atoms with Gasteiger partial charge in [-0.15, -0.1) is 0 Å². The number of rotatable bonds is 7. The van der Waals surface area contributed by atoms with Crippen molar-refractivity contribution in [1.29, 1.82) is 0 Å². The van der Waals surface area contributed by atoms with Gasteiger partial charge in [-0.25, -0.2) is 0 Å². The number of hydrogen-bond acceptors (Lipinski definition) is 3. The highest BCUT2D eigenvalue weighted by Crippen LogP contribution is 2.20. The van der Waals surface area contributed by atoms with Crippen molar-refractivity contribution in [3.63, 3.8) is 0 Å². The van der Waals surface area contributed by atoms with Gasteiger partial charge in [0.05, 0.1) is 12.6 Å². The first-order chi connectivity index (χ1) is 7.97. The van der Waals surface area contributed by atoms with Crippen LogP contribution in [0.15, 0.2) is 18.5 Å². The molecule has 1 unspecified atom stereocenters. The summed E-state index contributed by atoms with van der Waals surface area (Å²) in [4.78, 5) is 0. The zero-order valence-electron chi connectivity index (χ0n) is 9.32. The molecule has 17 heavy (non-hydrogen) atoms. The largest absolute Gasteiger partial charge is 0.390 e. The molecule has 0 aromatic carbocycles. The van der Waals surface area contributed by atoms with E-state index in [-0.39, 0.29) is 19.5 Å². The van der Waals surface area contributed by atoms with E-state index in [4.69, 9.17) is 0 Å². The minimum atomic E-state index is -4.10. The molecule has 2 N–H and O–H groups in total. The highest BCUT2D eigenvalue weighted by Gasteiger charge is 2.25. The second-order valence-corrected chi connectivity index (χ2v) is 3.80. The Bertz CT molecular complexity index is 300. The van der Waals surface area contributed by atoms with E-state index in [1.807, 2.05) is 0 Å². The minimum Gasteiger partial charge on any atom is -0.390 e. The number of aromatic nitrogens is 2. The molecule has 0 fully saturated rings. The van der Waals surface area contributed by atoms with Crippen LogP contribution in [0, 0.1) is 0 Å². The van der Waals surface area contributed by atoms with Gasteiger partial charge in [0.25, 0.3) is 0 Å². The molecule has 0 aliphatic carbocycles. The smallest absolute Gasteiger partial charge is 0.389 e. The number of hydrogen-bond donors (Lipinski definition) is 2. The van der Waals surface area contributed by atoms with Gasteiger partial charge in [0.15, 0.2) is 0 Å². The molecule has 0 aliphatic rings. The highest BCUT2D eigenvalue weighted by molar-refractivity contribution is 4.78. The van der Waals surface area contributed by atoms with E-state index in [0.717, 1.165) is 0 Å². The number of nitrogens with one attached hydrogen (secondary N) is 1. The molecular weight excluding hydrogens is 235 g/mol. The van der Waals surface area contributed by atoms with Gasteiger partial charge in [-0.3, -0.25) is 4.68 Å². The lowest BCUT2D eigenvalue weighted by atomic mass is 10.3. The van der Waals surface area contributed by atoms with Crippen molar-refractivity contribution in [2.75, 3.05) is 13.1 Å². The van der Waals surface area contributed by atoms with E-state index in [9.17, 15) is 18.3 Å². The summed E-state index contributed by atoms with van der Waals surface area (Å²) >= 11 is 0. The van der Waals surface area contributed by atoms with Gasteiger partial charge in [-0.2, -0.15) is 18.3 Å². The highest BCUT2D eigenvalue weighted by atomic mass is 19.4. The fourth-order valence-corrected chi connectivity index (χ4v) is 1.37. The van der Waals surface area contributed by atoms with Gasteiger partial charge >= 0.3 is 6.18 Å². The van der Waals surface area contributed by atoms with Gasteiger partial charge in [-0.05, 0) is 19.0 Å².